The highest BCUT2D eigenvalue weighted by Gasteiger charge is 2.22. The molecule has 0 spiro atoms. The van der Waals surface area contributed by atoms with E-state index in [1.54, 1.807) is 0 Å². The molecule has 110 valence electrons. The zero-order valence-electron chi connectivity index (χ0n) is 12.2. The predicted octanol–water partition coefficient (Wildman–Crippen LogP) is 3.39. The van der Waals surface area contributed by atoms with Crippen LogP contribution in [-0.4, -0.2) is 30.3 Å². The Balaban J connectivity index is 1.60. The molecule has 1 aliphatic carbocycles. The van der Waals surface area contributed by atoms with E-state index in [1.807, 2.05) is 0 Å². The van der Waals surface area contributed by atoms with E-state index in [0.29, 0.717) is 0 Å². The molecule has 1 aromatic carbocycles. The predicted molar refractivity (Wildman–Crippen MR) is 84.4 cm³/mol. The molecule has 2 atom stereocenters. The Bertz CT molecular complexity index is 412. The Morgan fingerprint density at radius 3 is 2.30 bits per heavy atom. The molecule has 2 fully saturated rings. The van der Waals surface area contributed by atoms with E-state index in [9.17, 15) is 5.11 Å². The van der Waals surface area contributed by atoms with E-state index >= 15 is 0 Å². The highest BCUT2D eigenvalue weighted by atomic mass is 16.3. The first-order valence-electron chi connectivity index (χ1n) is 8.12. The number of hydrogen-bond donors (Lipinski definition) is 2. The summed E-state index contributed by atoms with van der Waals surface area (Å²) in [7, 11) is 0. The van der Waals surface area contributed by atoms with Crippen LogP contribution in [0.3, 0.4) is 0 Å². The van der Waals surface area contributed by atoms with E-state index in [4.69, 9.17) is 0 Å². The molecular weight excluding hydrogens is 248 g/mol. The Labute approximate surface area is 122 Å². The van der Waals surface area contributed by atoms with Gasteiger partial charge in [0.05, 0.1) is 12.1 Å². The van der Waals surface area contributed by atoms with Crippen LogP contribution in [0.1, 0.15) is 44.9 Å². The van der Waals surface area contributed by atoms with Crippen LogP contribution in [0.5, 0.6) is 0 Å². The molecule has 3 rings (SSSR count). The van der Waals surface area contributed by atoms with Crippen LogP contribution in [0.25, 0.3) is 0 Å². The van der Waals surface area contributed by atoms with Crippen molar-refractivity contribution >= 4 is 11.4 Å². The zero-order chi connectivity index (χ0) is 13.8. The Hall–Kier alpha value is -1.22. The fraction of sp³-hybridized carbons (Fsp3) is 0.647. The Morgan fingerprint density at radius 1 is 0.900 bits per heavy atom. The van der Waals surface area contributed by atoms with E-state index in [-0.39, 0.29) is 12.1 Å². The first kappa shape index (κ1) is 13.7. The third kappa shape index (κ3) is 3.26. The van der Waals surface area contributed by atoms with Crippen LogP contribution < -0.4 is 10.2 Å². The van der Waals surface area contributed by atoms with Crippen molar-refractivity contribution in [3.8, 4) is 0 Å². The van der Waals surface area contributed by atoms with Gasteiger partial charge in [0.2, 0.25) is 0 Å². The standard InChI is InChI=1S/C17H26N2O/c20-17-7-3-2-6-16(17)18-14-8-10-15(11-9-14)19-12-4-1-5-13-19/h8-11,16-18,20H,1-7,12-13H2/t16-,17-/m1/s1. The van der Waals surface area contributed by atoms with Gasteiger partial charge in [-0.1, -0.05) is 12.8 Å². The van der Waals surface area contributed by atoms with Crippen LogP contribution in [0.4, 0.5) is 11.4 Å². The fourth-order valence-corrected chi connectivity index (χ4v) is 3.41. The molecule has 0 aromatic heterocycles. The maximum absolute atomic E-state index is 10.0. The van der Waals surface area contributed by atoms with Gasteiger partial charge in [0.1, 0.15) is 0 Å². The molecule has 0 radical (unpaired) electrons. The molecule has 1 heterocycles. The highest BCUT2D eigenvalue weighted by Crippen LogP contribution is 2.25. The number of piperidine rings is 1. The summed E-state index contributed by atoms with van der Waals surface area (Å²) >= 11 is 0. The maximum Gasteiger partial charge on any atom is 0.0741 e. The van der Waals surface area contributed by atoms with Gasteiger partial charge in [-0.2, -0.15) is 0 Å². The summed E-state index contributed by atoms with van der Waals surface area (Å²) < 4.78 is 0. The minimum absolute atomic E-state index is 0.189. The first-order chi connectivity index (χ1) is 9.83. The molecule has 2 N–H and O–H groups in total. The molecular formula is C17H26N2O. The van der Waals surface area contributed by atoms with Crippen LogP contribution in [0.15, 0.2) is 24.3 Å². The summed E-state index contributed by atoms with van der Waals surface area (Å²) in [6.07, 6.45) is 8.20. The third-order valence-electron chi connectivity index (χ3n) is 4.67. The summed E-state index contributed by atoms with van der Waals surface area (Å²) in [5.41, 5.74) is 2.47. The lowest BCUT2D eigenvalue weighted by atomic mass is 9.92. The van der Waals surface area contributed by atoms with Crippen LogP contribution in [0, 0.1) is 0 Å². The molecule has 3 nitrogen and oxygen atoms in total. The first-order valence-corrected chi connectivity index (χ1v) is 8.12. The van der Waals surface area contributed by atoms with E-state index in [0.717, 1.165) is 24.9 Å². The summed E-state index contributed by atoms with van der Waals surface area (Å²) in [4.78, 5) is 2.47. The quantitative estimate of drug-likeness (QED) is 0.887. The van der Waals surface area contributed by atoms with Crippen molar-refractivity contribution in [1.29, 1.82) is 0 Å². The number of benzene rings is 1. The SMILES string of the molecule is O[C@@H]1CCCC[C@H]1Nc1ccc(N2CCCCC2)cc1. The van der Waals surface area contributed by atoms with Crippen LogP contribution >= 0.6 is 0 Å². The van der Waals surface area contributed by atoms with Gasteiger partial charge in [0.25, 0.3) is 0 Å². The van der Waals surface area contributed by atoms with Crippen molar-refractivity contribution < 1.29 is 5.11 Å². The number of rotatable bonds is 3. The largest absolute Gasteiger partial charge is 0.391 e. The second kappa shape index (κ2) is 6.49. The van der Waals surface area contributed by atoms with E-state index in [2.05, 4.69) is 34.5 Å². The lowest BCUT2D eigenvalue weighted by Gasteiger charge is -2.30. The summed E-state index contributed by atoms with van der Waals surface area (Å²) in [5.74, 6) is 0. The minimum Gasteiger partial charge on any atom is -0.391 e. The highest BCUT2D eigenvalue weighted by molar-refractivity contribution is 5.55. The monoisotopic (exact) mass is 274 g/mol. The van der Waals surface area contributed by atoms with E-state index in [1.165, 1.54) is 44.5 Å². The topological polar surface area (TPSA) is 35.5 Å². The lowest BCUT2D eigenvalue weighted by molar-refractivity contribution is 0.116. The lowest BCUT2D eigenvalue weighted by Crippen LogP contribution is -2.36. The second-order valence-corrected chi connectivity index (χ2v) is 6.20. The molecule has 20 heavy (non-hydrogen) atoms. The van der Waals surface area contributed by atoms with Gasteiger partial charge in [-0.3, -0.25) is 0 Å². The second-order valence-electron chi connectivity index (χ2n) is 6.20. The molecule has 3 heteroatoms. The third-order valence-corrected chi connectivity index (χ3v) is 4.67. The van der Waals surface area contributed by atoms with Gasteiger partial charge in [-0.05, 0) is 56.4 Å². The fourth-order valence-electron chi connectivity index (χ4n) is 3.41. The van der Waals surface area contributed by atoms with Crippen molar-refractivity contribution in [3.63, 3.8) is 0 Å². The summed E-state index contributed by atoms with van der Waals surface area (Å²) in [6, 6.07) is 8.96. The van der Waals surface area contributed by atoms with Crippen molar-refractivity contribution in [2.75, 3.05) is 23.3 Å². The summed E-state index contributed by atoms with van der Waals surface area (Å²) in [6.45, 7) is 2.38. The molecule has 2 aliphatic rings. The Kier molecular flexibility index (Phi) is 4.46. The molecule has 0 bridgehead atoms. The molecule has 1 saturated carbocycles. The number of aliphatic hydroxyl groups is 1. The zero-order valence-corrected chi connectivity index (χ0v) is 12.2. The number of anilines is 2. The van der Waals surface area contributed by atoms with Crippen molar-refractivity contribution in [1.82, 2.24) is 0 Å². The van der Waals surface area contributed by atoms with Gasteiger partial charge < -0.3 is 15.3 Å². The van der Waals surface area contributed by atoms with Gasteiger partial charge in [-0.15, -0.1) is 0 Å². The smallest absolute Gasteiger partial charge is 0.0741 e. The Morgan fingerprint density at radius 2 is 1.60 bits per heavy atom. The minimum atomic E-state index is -0.189. The number of nitrogens with zero attached hydrogens (tertiary/aromatic N) is 1. The van der Waals surface area contributed by atoms with Crippen molar-refractivity contribution in [2.45, 2.75) is 57.1 Å². The average molecular weight is 274 g/mol. The number of aliphatic hydroxyl groups excluding tert-OH is 1. The van der Waals surface area contributed by atoms with Crippen molar-refractivity contribution in [2.24, 2.45) is 0 Å². The summed E-state index contributed by atoms with van der Waals surface area (Å²) in [5, 5.41) is 13.5. The number of nitrogens with one attached hydrogen (secondary N) is 1. The van der Waals surface area contributed by atoms with Gasteiger partial charge in [0, 0.05) is 24.5 Å². The number of hydrogen-bond acceptors (Lipinski definition) is 3. The van der Waals surface area contributed by atoms with Gasteiger partial charge in [0.15, 0.2) is 0 Å². The molecule has 0 unspecified atom stereocenters. The molecule has 1 saturated heterocycles. The van der Waals surface area contributed by atoms with E-state index < -0.39 is 0 Å². The van der Waals surface area contributed by atoms with Crippen molar-refractivity contribution in [3.05, 3.63) is 24.3 Å². The van der Waals surface area contributed by atoms with Crippen LogP contribution in [0.2, 0.25) is 0 Å². The molecule has 1 aliphatic heterocycles. The molecule has 0 amide bonds. The van der Waals surface area contributed by atoms with Crippen LogP contribution in [-0.2, 0) is 0 Å². The normalized spacial score (nSPS) is 27.4. The van der Waals surface area contributed by atoms with Gasteiger partial charge >= 0.3 is 0 Å². The molecule has 1 aromatic rings. The van der Waals surface area contributed by atoms with Gasteiger partial charge in [-0.25, -0.2) is 0 Å². The average Bonchev–Trinajstić information content (AvgIpc) is 2.51. The maximum atomic E-state index is 10.0.